The van der Waals surface area contributed by atoms with Gasteiger partial charge in [0.15, 0.2) is 11.6 Å². The second-order valence-electron chi connectivity index (χ2n) is 3.27. The van der Waals surface area contributed by atoms with Gasteiger partial charge >= 0.3 is 0 Å². The van der Waals surface area contributed by atoms with Crippen LogP contribution in [-0.4, -0.2) is 40.5 Å². The molecule has 0 unspecified atom stereocenters. The third kappa shape index (κ3) is 1.71. The molecule has 0 spiro atoms. The van der Waals surface area contributed by atoms with E-state index in [4.69, 9.17) is 5.11 Å². The molecule has 0 aliphatic rings. The highest BCUT2D eigenvalue weighted by atomic mass is 16.3. The van der Waals surface area contributed by atoms with E-state index >= 15 is 0 Å². The van der Waals surface area contributed by atoms with Crippen LogP contribution in [0.3, 0.4) is 0 Å². The molecule has 0 amide bonds. The monoisotopic (exact) mass is 229 g/mol. The summed E-state index contributed by atoms with van der Waals surface area (Å²) < 4.78 is 1.46. The van der Waals surface area contributed by atoms with Crippen molar-refractivity contribution >= 4 is 0 Å². The molecule has 0 aromatic carbocycles. The second kappa shape index (κ2) is 3.67. The van der Waals surface area contributed by atoms with Gasteiger partial charge in [-0.3, -0.25) is 0 Å². The molecule has 3 aromatic heterocycles. The number of nitrogens with one attached hydrogen (secondary N) is 1. The Labute approximate surface area is 94.9 Å². The number of aromatic nitrogens is 7. The first-order valence-corrected chi connectivity index (χ1v) is 4.78. The number of hydrogen-bond donors (Lipinski definition) is 2. The molecule has 0 saturated carbocycles. The van der Waals surface area contributed by atoms with E-state index in [0.29, 0.717) is 11.6 Å². The third-order valence-corrected chi connectivity index (χ3v) is 2.17. The van der Waals surface area contributed by atoms with Gasteiger partial charge < -0.3 is 5.11 Å². The first kappa shape index (κ1) is 9.46. The molecule has 3 rings (SSSR count). The van der Waals surface area contributed by atoms with Crippen LogP contribution in [0.15, 0.2) is 30.6 Å². The van der Waals surface area contributed by atoms with E-state index in [0.717, 1.165) is 5.56 Å². The number of H-pyrrole nitrogens is 1. The molecule has 8 nitrogen and oxygen atoms in total. The summed E-state index contributed by atoms with van der Waals surface area (Å²) in [7, 11) is 0. The highest BCUT2D eigenvalue weighted by Crippen LogP contribution is 2.16. The van der Waals surface area contributed by atoms with Crippen LogP contribution in [-0.2, 0) is 0 Å². The predicted molar refractivity (Wildman–Crippen MR) is 56.2 cm³/mol. The molecule has 0 aliphatic carbocycles. The van der Waals surface area contributed by atoms with Crippen LogP contribution in [0, 0.1) is 0 Å². The van der Waals surface area contributed by atoms with E-state index in [1.807, 2.05) is 0 Å². The molecule has 0 bridgehead atoms. The van der Waals surface area contributed by atoms with Crippen molar-refractivity contribution in [3.63, 3.8) is 0 Å². The number of hydrogen-bond acceptors (Lipinski definition) is 6. The quantitative estimate of drug-likeness (QED) is 0.648. The molecule has 17 heavy (non-hydrogen) atoms. The maximum absolute atomic E-state index is 9.17. The fourth-order valence-electron chi connectivity index (χ4n) is 1.41. The van der Waals surface area contributed by atoms with Crippen molar-refractivity contribution in [1.82, 2.24) is 35.4 Å². The van der Waals surface area contributed by atoms with Crippen molar-refractivity contribution < 1.29 is 5.11 Å². The topological polar surface area (TPSA) is 105 Å². The largest absolute Gasteiger partial charge is 0.492 e. The van der Waals surface area contributed by atoms with Gasteiger partial charge in [-0.15, -0.1) is 10.2 Å². The molecular weight excluding hydrogens is 222 g/mol. The number of nitrogens with zero attached hydrogens (tertiary/aromatic N) is 6. The Morgan fingerprint density at radius 1 is 1.29 bits per heavy atom. The molecule has 8 heteroatoms. The Bertz CT molecular complexity index is 630. The summed E-state index contributed by atoms with van der Waals surface area (Å²) in [5, 5.41) is 26.5. The number of tetrazole rings is 1. The highest BCUT2D eigenvalue weighted by molar-refractivity contribution is 5.55. The van der Waals surface area contributed by atoms with Crippen LogP contribution in [0.2, 0.25) is 0 Å². The number of pyridine rings is 1. The number of aromatic amines is 1. The molecule has 84 valence electrons. The Morgan fingerprint density at radius 3 is 2.94 bits per heavy atom. The van der Waals surface area contributed by atoms with Crippen LogP contribution >= 0.6 is 0 Å². The van der Waals surface area contributed by atoms with Crippen molar-refractivity contribution in [1.29, 1.82) is 0 Å². The molecule has 0 aliphatic heterocycles. The minimum atomic E-state index is -0.0569. The maximum atomic E-state index is 9.17. The maximum Gasteiger partial charge on any atom is 0.230 e. The molecule has 0 fully saturated rings. The SMILES string of the molecule is Oc1ccn(-c2cc(-c3nnn[nH]3)ccn2)n1. The molecular formula is C9H7N7O. The first-order chi connectivity index (χ1) is 8.33. The van der Waals surface area contributed by atoms with Crippen LogP contribution in [0.25, 0.3) is 17.2 Å². The van der Waals surface area contributed by atoms with Crippen LogP contribution in [0.1, 0.15) is 0 Å². The van der Waals surface area contributed by atoms with E-state index < -0.39 is 0 Å². The lowest BCUT2D eigenvalue weighted by atomic mass is 10.2. The first-order valence-electron chi connectivity index (χ1n) is 4.78. The standard InChI is InChI=1S/C9H7N7O/c17-8-2-4-16(13-8)7-5-6(1-3-10-7)9-11-14-15-12-9/h1-5H,(H,13,17)(H,11,12,14,15). The van der Waals surface area contributed by atoms with Crippen molar-refractivity contribution in [2.45, 2.75) is 0 Å². The highest BCUT2D eigenvalue weighted by Gasteiger charge is 2.06. The number of aromatic hydroxyl groups is 1. The van der Waals surface area contributed by atoms with Crippen LogP contribution in [0.5, 0.6) is 5.88 Å². The van der Waals surface area contributed by atoms with E-state index in [-0.39, 0.29) is 5.88 Å². The molecule has 3 heterocycles. The van der Waals surface area contributed by atoms with Crippen LogP contribution < -0.4 is 0 Å². The fraction of sp³-hybridized carbons (Fsp3) is 0. The normalized spacial score (nSPS) is 10.6. The van der Waals surface area contributed by atoms with Crippen molar-refractivity contribution in [3.8, 4) is 23.1 Å². The lowest BCUT2D eigenvalue weighted by Gasteiger charge is -2.01. The smallest absolute Gasteiger partial charge is 0.230 e. The van der Waals surface area contributed by atoms with Gasteiger partial charge in [-0.1, -0.05) is 0 Å². The third-order valence-electron chi connectivity index (χ3n) is 2.17. The summed E-state index contributed by atoms with van der Waals surface area (Å²) >= 11 is 0. The van der Waals surface area contributed by atoms with Crippen molar-refractivity contribution in [2.24, 2.45) is 0 Å². The Kier molecular flexibility index (Phi) is 2.04. The molecule has 0 atom stereocenters. The summed E-state index contributed by atoms with van der Waals surface area (Å²) in [6, 6.07) is 5.01. The van der Waals surface area contributed by atoms with Gasteiger partial charge in [0.1, 0.15) is 0 Å². The van der Waals surface area contributed by atoms with Crippen LogP contribution in [0.4, 0.5) is 0 Å². The Morgan fingerprint density at radius 2 is 2.24 bits per heavy atom. The molecule has 2 N–H and O–H groups in total. The predicted octanol–water partition coefficient (Wildman–Crippen LogP) is 0.153. The molecule has 0 radical (unpaired) electrons. The van der Waals surface area contributed by atoms with Gasteiger partial charge in [-0.05, 0) is 22.6 Å². The van der Waals surface area contributed by atoms with Gasteiger partial charge in [-0.2, -0.15) is 0 Å². The Hall–Kier alpha value is -2.77. The Balaban J connectivity index is 2.05. The average molecular weight is 229 g/mol. The summed E-state index contributed by atoms with van der Waals surface area (Å²) in [6.45, 7) is 0. The van der Waals surface area contributed by atoms with Gasteiger partial charge in [0.25, 0.3) is 0 Å². The summed E-state index contributed by atoms with van der Waals surface area (Å²) in [6.07, 6.45) is 3.23. The van der Waals surface area contributed by atoms with Gasteiger partial charge in [0, 0.05) is 24.0 Å². The lowest BCUT2D eigenvalue weighted by Crippen LogP contribution is -1.98. The zero-order valence-corrected chi connectivity index (χ0v) is 8.52. The van der Waals surface area contributed by atoms with Gasteiger partial charge in [-0.25, -0.2) is 14.8 Å². The van der Waals surface area contributed by atoms with Gasteiger partial charge in [0.05, 0.1) is 0 Å². The summed E-state index contributed by atoms with van der Waals surface area (Å²) in [5.74, 6) is 1.06. The second-order valence-corrected chi connectivity index (χ2v) is 3.27. The fourth-order valence-corrected chi connectivity index (χ4v) is 1.41. The zero-order valence-electron chi connectivity index (χ0n) is 8.52. The zero-order chi connectivity index (χ0) is 11.7. The van der Waals surface area contributed by atoms with Crippen molar-refractivity contribution in [3.05, 3.63) is 30.6 Å². The molecule has 3 aromatic rings. The number of rotatable bonds is 2. The summed E-state index contributed by atoms with van der Waals surface area (Å²) in [5.41, 5.74) is 0.787. The van der Waals surface area contributed by atoms with E-state index in [2.05, 4.69) is 30.7 Å². The lowest BCUT2D eigenvalue weighted by molar-refractivity contribution is 0.447. The minimum absolute atomic E-state index is 0.0569. The van der Waals surface area contributed by atoms with E-state index in [9.17, 15) is 0 Å². The van der Waals surface area contributed by atoms with Crippen molar-refractivity contribution in [2.75, 3.05) is 0 Å². The minimum Gasteiger partial charge on any atom is -0.492 e. The molecule has 0 saturated heterocycles. The van der Waals surface area contributed by atoms with Gasteiger partial charge in [0.2, 0.25) is 5.88 Å². The van der Waals surface area contributed by atoms with E-state index in [1.165, 1.54) is 10.7 Å². The van der Waals surface area contributed by atoms with E-state index in [1.54, 1.807) is 24.5 Å². The summed E-state index contributed by atoms with van der Waals surface area (Å²) in [4.78, 5) is 4.14. The average Bonchev–Trinajstić information content (AvgIpc) is 3.00.